The minimum Gasteiger partial charge on any atom is -0.0617 e. The van der Waals surface area contributed by atoms with Crippen LogP contribution in [0, 0.1) is 0 Å². The molecule has 0 heteroatoms. The van der Waals surface area contributed by atoms with Crippen molar-refractivity contribution in [2.45, 2.75) is 52.4 Å². The molecule has 0 saturated carbocycles. The molecule has 14 heavy (non-hydrogen) atoms. The van der Waals surface area contributed by atoms with Gasteiger partial charge >= 0.3 is 0 Å². The Hall–Kier alpha value is -0.780. The van der Waals surface area contributed by atoms with E-state index in [1.54, 1.807) is 0 Å². The molecule has 1 rings (SSSR count). The molecule has 0 atom stereocenters. The maximum atomic E-state index is 8.31. The minimum absolute atomic E-state index is 0.0190. The monoisotopic (exact) mass is 194 g/mol. The largest absolute Gasteiger partial charge is 0.0629 e. The van der Waals surface area contributed by atoms with Gasteiger partial charge in [-0.1, -0.05) is 65.7 Å². The van der Waals surface area contributed by atoms with Crippen molar-refractivity contribution in [1.82, 2.24) is 0 Å². The molecular formula is C14H22. The molecule has 0 radical (unpaired) electrons. The molecule has 0 heterocycles. The van der Waals surface area contributed by atoms with Crippen molar-refractivity contribution in [2.75, 3.05) is 0 Å². The predicted octanol–water partition coefficient (Wildman–Crippen LogP) is 4.28. The van der Waals surface area contributed by atoms with Crippen molar-refractivity contribution < 1.29 is 5.48 Å². The highest BCUT2D eigenvalue weighted by Crippen LogP contribution is 2.28. The van der Waals surface area contributed by atoms with Gasteiger partial charge in [-0.3, -0.25) is 0 Å². The average molecular weight is 194 g/mol. The Labute approximate surface area is 94.0 Å². The lowest BCUT2D eigenvalue weighted by Crippen LogP contribution is -2.15. The summed E-state index contributed by atoms with van der Waals surface area (Å²) in [7, 11) is 0. The molecule has 0 nitrogen and oxygen atoms in total. The lowest BCUT2D eigenvalue weighted by molar-refractivity contribution is 0.568. The normalized spacial score (nSPS) is 17.0. The third-order valence-electron chi connectivity index (χ3n) is 2.12. The minimum atomic E-state index is -0.363. The second-order valence-electron chi connectivity index (χ2n) is 5.75. The quantitative estimate of drug-likeness (QED) is 0.578. The Morgan fingerprint density at radius 2 is 1.21 bits per heavy atom. The van der Waals surface area contributed by atoms with E-state index in [-0.39, 0.29) is 35.0 Å². The second kappa shape index (κ2) is 3.42. The maximum absolute atomic E-state index is 8.31. The summed E-state index contributed by atoms with van der Waals surface area (Å²) in [5.41, 5.74) is 0.400. The van der Waals surface area contributed by atoms with Gasteiger partial charge in [-0.05, 0) is 22.0 Å². The Morgan fingerprint density at radius 1 is 0.857 bits per heavy atom. The molecule has 0 aliphatic heterocycles. The van der Waals surface area contributed by atoms with Gasteiger partial charge in [-0.25, -0.2) is 0 Å². The summed E-state index contributed by atoms with van der Waals surface area (Å²) in [6.45, 7) is 11.6. The molecule has 0 aromatic heterocycles. The van der Waals surface area contributed by atoms with Gasteiger partial charge in [0.05, 0.1) is 5.48 Å². The summed E-state index contributed by atoms with van der Waals surface area (Å²) in [6.07, 6.45) is 0. The predicted molar refractivity (Wildman–Crippen MR) is 63.8 cm³/mol. The van der Waals surface area contributed by atoms with E-state index in [0.717, 1.165) is 0 Å². The summed E-state index contributed by atoms with van der Waals surface area (Å²) in [4.78, 5) is 0. The molecule has 0 bridgehead atoms. The number of hydrogen-bond donors (Lipinski definition) is 0. The van der Waals surface area contributed by atoms with E-state index in [1.807, 2.05) is 41.5 Å². The fourth-order valence-corrected chi connectivity index (χ4v) is 1.09. The van der Waals surface area contributed by atoms with Gasteiger partial charge in [0.15, 0.2) is 0 Å². The molecule has 0 amide bonds. The third kappa shape index (κ3) is 2.60. The summed E-state index contributed by atoms with van der Waals surface area (Å²) in [5, 5.41) is 0. The van der Waals surface area contributed by atoms with Gasteiger partial charge < -0.3 is 0 Å². The zero-order valence-electron chi connectivity index (χ0n) is 14.0. The fourth-order valence-electron chi connectivity index (χ4n) is 1.09. The molecule has 0 spiro atoms. The standard InChI is InChI=1S/C14H22/c1-13(2,3)11-8-7-9-12(10-11)14(4,5)6/h7-10H,1-6H3/i7D,8D,9D,10D. The molecule has 0 saturated heterocycles. The lowest BCUT2D eigenvalue weighted by Gasteiger charge is -2.24. The Morgan fingerprint density at radius 3 is 1.50 bits per heavy atom. The summed E-state index contributed by atoms with van der Waals surface area (Å²) in [5.74, 6) is 0. The van der Waals surface area contributed by atoms with Crippen LogP contribution < -0.4 is 0 Å². The van der Waals surface area contributed by atoms with Crippen molar-refractivity contribution in [3.8, 4) is 0 Å². The zero-order chi connectivity index (χ0) is 14.5. The Kier molecular flexibility index (Phi) is 1.62. The van der Waals surface area contributed by atoms with E-state index in [2.05, 4.69) is 0 Å². The van der Waals surface area contributed by atoms with Crippen LogP contribution in [-0.4, -0.2) is 0 Å². The molecular weight excluding hydrogens is 168 g/mol. The van der Waals surface area contributed by atoms with E-state index in [1.165, 1.54) is 0 Å². The molecule has 1 aromatic carbocycles. The van der Waals surface area contributed by atoms with Gasteiger partial charge in [0.1, 0.15) is 0 Å². The van der Waals surface area contributed by atoms with Crippen molar-refractivity contribution >= 4 is 0 Å². The topological polar surface area (TPSA) is 0 Å². The van der Waals surface area contributed by atoms with Crippen molar-refractivity contribution in [2.24, 2.45) is 0 Å². The van der Waals surface area contributed by atoms with Crippen LogP contribution in [0.3, 0.4) is 0 Å². The van der Waals surface area contributed by atoms with Crippen LogP contribution in [0.5, 0.6) is 0 Å². The molecule has 0 aliphatic rings. The van der Waals surface area contributed by atoms with Crippen molar-refractivity contribution in [3.05, 3.63) is 35.3 Å². The van der Waals surface area contributed by atoms with Gasteiger partial charge in [0.2, 0.25) is 0 Å². The Balaban J connectivity index is 3.83. The van der Waals surface area contributed by atoms with Crippen LogP contribution in [0.25, 0.3) is 0 Å². The van der Waals surface area contributed by atoms with Gasteiger partial charge in [-0.15, -0.1) is 0 Å². The van der Waals surface area contributed by atoms with E-state index in [0.29, 0.717) is 11.1 Å². The number of hydrogen-bond acceptors (Lipinski definition) is 0. The van der Waals surface area contributed by atoms with Gasteiger partial charge in [0.25, 0.3) is 0 Å². The maximum Gasteiger partial charge on any atom is 0.0629 e. The Bertz CT molecular complexity index is 435. The van der Waals surface area contributed by atoms with E-state index in [9.17, 15) is 0 Å². The van der Waals surface area contributed by atoms with Crippen LogP contribution in [0.4, 0.5) is 0 Å². The lowest BCUT2D eigenvalue weighted by atomic mass is 9.81. The summed E-state index contributed by atoms with van der Waals surface area (Å²) in [6, 6.07) is 0.220. The third-order valence-corrected chi connectivity index (χ3v) is 2.12. The van der Waals surface area contributed by atoms with E-state index >= 15 is 0 Å². The first kappa shape index (κ1) is 6.66. The SMILES string of the molecule is [2H]c1c([2H])c(C(C)(C)C)c([2H])c(C(C)(C)C)c1[2H]. The molecule has 0 fully saturated rings. The van der Waals surface area contributed by atoms with Crippen LogP contribution in [0.2, 0.25) is 0 Å². The molecule has 78 valence electrons. The van der Waals surface area contributed by atoms with Crippen molar-refractivity contribution in [3.63, 3.8) is 0 Å². The van der Waals surface area contributed by atoms with Crippen LogP contribution in [0.15, 0.2) is 24.2 Å². The van der Waals surface area contributed by atoms with Crippen LogP contribution in [0.1, 0.15) is 58.2 Å². The fraction of sp³-hybridized carbons (Fsp3) is 0.571. The first-order valence-electron chi connectivity index (χ1n) is 7.00. The first-order chi connectivity index (χ1) is 7.89. The van der Waals surface area contributed by atoms with Crippen molar-refractivity contribution in [1.29, 1.82) is 0 Å². The van der Waals surface area contributed by atoms with E-state index < -0.39 is 0 Å². The molecule has 0 N–H and O–H groups in total. The zero-order valence-corrected chi connectivity index (χ0v) is 10.0. The van der Waals surface area contributed by atoms with Crippen LogP contribution >= 0.6 is 0 Å². The highest BCUT2D eigenvalue weighted by molar-refractivity contribution is 5.32. The number of benzene rings is 1. The summed E-state index contributed by atoms with van der Waals surface area (Å²) < 4.78 is 32.2. The molecule has 0 unspecified atom stereocenters. The highest BCUT2D eigenvalue weighted by Gasteiger charge is 2.18. The number of rotatable bonds is 0. The van der Waals surface area contributed by atoms with Gasteiger partial charge in [0, 0.05) is 0 Å². The van der Waals surface area contributed by atoms with E-state index in [4.69, 9.17) is 5.48 Å². The highest BCUT2D eigenvalue weighted by atomic mass is 14.2. The summed E-state index contributed by atoms with van der Waals surface area (Å²) >= 11 is 0. The average Bonchev–Trinajstić information content (AvgIpc) is 2.09. The second-order valence-corrected chi connectivity index (χ2v) is 5.75. The van der Waals surface area contributed by atoms with Crippen LogP contribution in [-0.2, 0) is 10.8 Å². The smallest absolute Gasteiger partial charge is 0.0617 e. The molecule has 1 aromatic rings. The molecule has 0 aliphatic carbocycles. The first-order valence-corrected chi connectivity index (χ1v) is 5.00. The van der Waals surface area contributed by atoms with Gasteiger partial charge in [-0.2, -0.15) is 0 Å².